The average molecular weight is 110 g/mol. The second-order valence-electron chi connectivity index (χ2n) is 2.07. The van der Waals surface area contributed by atoms with E-state index in [1.807, 2.05) is 13.8 Å². The minimum atomic E-state index is 0.343. The molecule has 0 amide bonds. The molecular weight excluding hydrogens is 100 g/mol. The molecule has 1 rings (SSSR count). The fraction of sp³-hybridized carbons (Fsp3) is 0.500. The molecule has 0 bridgehead atoms. The quantitative estimate of drug-likeness (QED) is 0.492. The molecule has 1 aliphatic heterocycles. The summed E-state index contributed by atoms with van der Waals surface area (Å²) in [5.74, 6) is 0. The van der Waals surface area contributed by atoms with Crippen LogP contribution in [0.3, 0.4) is 0 Å². The summed E-state index contributed by atoms with van der Waals surface area (Å²) in [5.41, 5.74) is 5.03. The van der Waals surface area contributed by atoms with E-state index in [-0.39, 0.29) is 0 Å². The highest BCUT2D eigenvalue weighted by Gasteiger charge is 2.13. The van der Waals surface area contributed by atoms with Crippen LogP contribution in [0.1, 0.15) is 13.8 Å². The Balaban J connectivity index is 2.73. The summed E-state index contributed by atoms with van der Waals surface area (Å²) in [6.45, 7) is 7.82. The number of hydrazone groups is 1. The van der Waals surface area contributed by atoms with Gasteiger partial charge in [0, 0.05) is 0 Å². The van der Waals surface area contributed by atoms with Gasteiger partial charge in [-0.2, -0.15) is 5.10 Å². The Bertz CT molecular complexity index is 147. The Labute approximate surface area is 49.3 Å². The van der Waals surface area contributed by atoms with Gasteiger partial charge in [0.1, 0.15) is 0 Å². The van der Waals surface area contributed by atoms with Gasteiger partial charge in [-0.05, 0) is 19.4 Å². The van der Waals surface area contributed by atoms with Crippen molar-refractivity contribution in [1.29, 1.82) is 0 Å². The smallest absolute Gasteiger partial charge is 0.0673 e. The van der Waals surface area contributed by atoms with E-state index in [0.29, 0.717) is 6.04 Å². The van der Waals surface area contributed by atoms with Crippen LogP contribution in [0.25, 0.3) is 0 Å². The van der Waals surface area contributed by atoms with Crippen molar-refractivity contribution < 1.29 is 0 Å². The molecule has 2 nitrogen and oxygen atoms in total. The summed E-state index contributed by atoms with van der Waals surface area (Å²) < 4.78 is 0. The maximum Gasteiger partial charge on any atom is 0.0673 e. The van der Waals surface area contributed by atoms with E-state index >= 15 is 0 Å². The molecule has 44 valence electrons. The van der Waals surface area contributed by atoms with Crippen molar-refractivity contribution in [2.75, 3.05) is 0 Å². The van der Waals surface area contributed by atoms with Crippen molar-refractivity contribution >= 4 is 5.71 Å². The van der Waals surface area contributed by atoms with Crippen molar-refractivity contribution in [3.63, 3.8) is 0 Å². The number of nitrogens with zero attached hydrogens (tertiary/aromatic N) is 1. The minimum Gasteiger partial charge on any atom is -0.303 e. The first kappa shape index (κ1) is 5.35. The first-order valence-electron chi connectivity index (χ1n) is 2.71. The molecule has 1 unspecified atom stereocenters. The van der Waals surface area contributed by atoms with E-state index in [1.54, 1.807) is 0 Å². The third-order valence-electron chi connectivity index (χ3n) is 1.41. The molecule has 2 heteroatoms. The second kappa shape index (κ2) is 1.62. The fourth-order valence-corrected chi connectivity index (χ4v) is 0.657. The molecule has 0 fully saturated rings. The minimum absolute atomic E-state index is 0.343. The van der Waals surface area contributed by atoms with Crippen LogP contribution in [0.5, 0.6) is 0 Å². The van der Waals surface area contributed by atoms with Crippen LogP contribution in [-0.4, -0.2) is 11.8 Å². The topological polar surface area (TPSA) is 24.4 Å². The molecule has 1 atom stereocenters. The van der Waals surface area contributed by atoms with Crippen LogP contribution in [-0.2, 0) is 0 Å². The molecule has 0 radical (unpaired) electrons. The molecule has 0 aromatic rings. The molecule has 8 heavy (non-hydrogen) atoms. The molecular formula is C6H10N2. The molecule has 0 saturated heterocycles. The first-order chi connectivity index (χ1) is 3.72. The number of rotatable bonds is 0. The van der Waals surface area contributed by atoms with E-state index in [2.05, 4.69) is 17.1 Å². The highest BCUT2D eigenvalue weighted by molar-refractivity contribution is 5.99. The molecule has 0 aliphatic carbocycles. The van der Waals surface area contributed by atoms with Crippen molar-refractivity contribution in [3.8, 4) is 0 Å². The molecule has 1 aliphatic rings. The lowest BCUT2D eigenvalue weighted by atomic mass is 10.1. The van der Waals surface area contributed by atoms with E-state index in [1.165, 1.54) is 0 Å². The summed E-state index contributed by atoms with van der Waals surface area (Å²) in [6, 6.07) is 0.343. The summed E-state index contributed by atoms with van der Waals surface area (Å²) in [5, 5.41) is 3.97. The highest BCUT2D eigenvalue weighted by Crippen LogP contribution is 2.06. The zero-order valence-electron chi connectivity index (χ0n) is 5.23. The summed E-state index contributed by atoms with van der Waals surface area (Å²) in [6.07, 6.45) is 0. The number of nitrogens with one attached hydrogen (secondary N) is 1. The number of hydrogen-bond donors (Lipinski definition) is 1. The molecule has 0 spiro atoms. The largest absolute Gasteiger partial charge is 0.303 e. The van der Waals surface area contributed by atoms with Crippen LogP contribution in [0.15, 0.2) is 17.3 Å². The first-order valence-corrected chi connectivity index (χ1v) is 2.71. The number of hydrogen-bond acceptors (Lipinski definition) is 2. The summed E-state index contributed by atoms with van der Waals surface area (Å²) >= 11 is 0. The Morgan fingerprint density at radius 3 is 2.50 bits per heavy atom. The van der Waals surface area contributed by atoms with Gasteiger partial charge in [-0.25, -0.2) is 0 Å². The molecule has 0 aromatic carbocycles. The zero-order valence-corrected chi connectivity index (χ0v) is 5.23. The average Bonchev–Trinajstić information content (AvgIpc) is 1.98. The lowest BCUT2D eigenvalue weighted by Gasteiger charge is -2.00. The Kier molecular flexibility index (Phi) is 1.08. The summed E-state index contributed by atoms with van der Waals surface area (Å²) in [7, 11) is 0. The van der Waals surface area contributed by atoms with Gasteiger partial charge < -0.3 is 5.43 Å². The van der Waals surface area contributed by atoms with Crippen molar-refractivity contribution in [1.82, 2.24) is 5.43 Å². The molecule has 1 N–H and O–H groups in total. The highest BCUT2D eigenvalue weighted by atomic mass is 15.3. The van der Waals surface area contributed by atoms with Gasteiger partial charge in [-0.1, -0.05) is 6.58 Å². The second-order valence-corrected chi connectivity index (χ2v) is 2.07. The lowest BCUT2D eigenvalue weighted by molar-refractivity contribution is 0.693. The van der Waals surface area contributed by atoms with Crippen LogP contribution in [0.2, 0.25) is 0 Å². The van der Waals surface area contributed by atoms with Gasteiger partial charge in [0.15, 0.2) is 0 Å². The molecule has 1 heterocycles. The lowest BCUT2D eigenvalue weighted by Crippen LogP contribution is -2.15. The zero-order chi connectivity index (χ0) is 6.15. The van der Waals surface area contributed by atoms with E-state index in [0.717, 1.165) is 11.3 Å². The van der Waals surface area contributed by atoms with Crippen LogP contribution >= 0.6 is 0 Å². The van der Waals surface area contributed by atoms with Gasteiger partial charge in [-0.15, -0.1) is 0 Å². The van der Waals surface area contributed by atoms with Gasteiger partial charge >= 0.3 is 0 Å². The van der Waals surface area contributed by atoms with Crippen LogP contribution in [0.4, 0.5) is 0 Å². The van der Waals surface area contributed by atoms with E-state index in [4.69, 9.17) is 0 Å². The third kappa shape index (κ3) is 0.619. The predicted octanol–water partition coefficient (Wildman–Crippen LogP) is 0.910. The molecule has 0 aromatic heterocycles. The van der Waals surface area contributed by atoms with Crippen molar-refractivity contribution in [2.45, 2.75) is 19.9 Å². The SMILES string of the molecule is C=C1C(C)=NNC1C. The van der Waals surface area contributed by atoms with Gasteiger partial charge in [0.2, 0.25) is 0 Å². The van der Waals surface area contributed by atoms with E-state index in [9.17, 15) is 0 Å². The monoisotopic (exact) mass is 110 g/mol. The van der Waals surface area contributed by atoms with Crippen molar-refractivity contribution in [2.24, 2.45) is 5.10 Å². The Morgan fingerprint density at radius 1 is 1.75 bits per heavy atom. The van der Waals surface area contributed by atoms with Gasteiger partial charge in [0.25, 0.3) is 0 Å². The fourth-order valence-electron chi connectivity index (χ4n) is 0.657. The molecule has 0 saturated carbocycles. The van der Waals surface area contributed by atoms with E-state index < -0.39 is 0 Å². The standard InChI is InChI=1S/C6H10N2/c1-4-5(2)7-8-6(4)3/h5,7H,1H2,2-3H3. The predicted molar refractivity (Wildman–Crippen MR) is 34.8 cm³/mol. The third-order valence-corrected chi connectivity index (χ3v) is 1.41. The van der Waals surface area contributed by atoms with Gasteiger partial charge in [0.05, 0.1) is 11.8 Å². The Morgan fingerprint density at radius 2 is 2.38 bits per heavy atom. The van der Waals surface area contributed by atoms with Crippen LogP contribution in [0, 0.1) is 0 Å². The maximum atomic E-state index is 3.97. The van der Waals surface area contributed by atoms with Gasteiger partial charge in [-0.3, -0.25) is 0 Å². The normalized spacial score (nSPS) is 27.5. The van der Waals surface area contributed by atoms with Crippen LogP contribution < -0.4 is 5.43 Å². The summed E-state index contributed by atoms with van der Waals surface area (Å²) in [4.78, 5) is 0. The van der Waals surface area contributed by atoms with Crippen molar-refractivity contribution in [3.05, 3.63) is 12.2 Å². The maximum absolute atomic E-state index is 3.97. The Hall–Kier alpha value is -0.790.